The van der Waals surface area contributed by atoms with Crippen LogP contribution in [0.3, 0.4) is 0 Å². The van der Waals surface area contributed by atoms with Crippen LogP contribution in [0.25, 0.3) is 0 Å². The molecule has 0 aromatic rings. The molecule has 0 aliphatic heterocycles. The first-order valence-corrected chi connectivity index (χ1v) is 20.8. The summed E-state index contributed by atoms with van der Waals surface area (Å²) >= 11 is 2.42. The van der Waals surface area contributed by atoms with Gasteiger partial charge in [0, 0.05) is 13.2 Å². The zero-order valence-corrected chi connectivity index (χ0v) is 35.1. The number of hydrogen-bond donors (Lipinski definition) is 2. The van der Waals surface area contributed by atoms with Gasteiger partial charge in [0.1, 0.15) is 13.2 Å². The molecule has 0 fully saturated rings. The lowest BCUT2D eigenvalue weighted by atomic mass is 10.2. The number of nitrogens with one attached hydrogen (secondary N) is 1. The van der Waals surface area contributed by atoms with Gasteiger partial charge in [-0.05, 0) is 17.3 Å². The summed E-state index contributed by atoms with van der Waals surface area (Å²) < 4.78 is 77.0. The van der Waals surface area contributed by atoms with E-state index < -0.39 is 18.5 Å². The molecule has 0 saturated heterocycles. The normalized spacial score (nSPS) is 11.4. The van der Waals surface area contributed by atoms with Gasteiger partial charge in [0.25, 0.3) is 0 Å². The number of halogens is 1. The van der Waals surface area contributed by atoms with Gasteiger partial charge in [-0.2, -0.15) is 0 Å². The van der Waals surface area contributed by atoms with Gasteiger partial charge in [0.05, 0.1) is 165 Å². The van der Waals surface area contributed by atoms with E-state index in [1.165, 1.54) is 23.7 Å². The van der Waals surface area contributed by atoms with Gasteiger partial charge < -0.3 is 76.7 Å². The average Bonchev–Trinajstić information content (AvgIpc) is 3.17. The Kier molecular flexibility index (Phi) is 48.5. The highest BCUT2D eigenvalue weighted by molar-refractivity contribution is 14.1. The number of ether oxygens (including phenoxy) is 14. The third kappa shape index (κ3) is 51.1. The van der Waals surface area contributed by atoms with Crippen molar-refractivity contribution in [1.29, 1.82) is 0 Å². The van der Waals surface area contributed by atoms with Gasteiger partial charge in [-0.3, -0.25) is 4.79 Å². The lowest BCUT2D eigenvalue weighted by molar-refractivity contribution is -0.143. The standard InChI is InChI=1S/C36H70INO17/c37-5-3-1-2-4-7-42-9-11-44-13-15-46-17-19-48-21-23-50-25-27-52-29-31-54-32-30-53-28-26-51-24-22-49-20-18-47-16-14-45-12-10-43-8-6-38-35(39)33-55-34-36(40)41/h1-34H2,(H,38,39)(H,40,41). The number of carbonyl (C=O) groups excluding carboxylic acids is 1. The van der Waals surface area contributed by atoms with Crippen LogP contribution in [0.15, 0.2) is 0 Å². The minimum Gasteiger partial charge on any atom is -0.480 e. The van der Waals surface area contributed by atoms with Crippen molar-refractivity contribution < 1.29 is 81.0 Å². The summed E-state index contributed by atoms with van der Waals surface area (Å²) in [6, 6.07) is 0. The summed E-state index contributed by atoms with van der Waals surface area (Å²) in [5.74, 6) is -1.52. The van der Waals surface area contributed by atoms with E-state index in [0.717, 1.165) is 13.0 Å². The summed E-state index contributed by atoms with van der Waals surface area (Å²) in [7, 11) is 0. The zero-order chi connectivity index (χ0) is 39.8. The number of alkyl halides is 1. The Balaban J connectivity index is 3.09. The molecule has 19 heteroatoms. The second-order valence-electron chi connectivity index (χ2n) is 11.3. The van der Waals surface area contributed by atoms with Crippen molar-refractivity contribution in [2.24, 2.45) is 0 Å². The van der Waals surface area contributed by atoms with Crippen LogP contribution in [-0.4, -0.2) is 213 Å². The lowest BCUT2D eigenvalue weighted by Crippen LogP contribution is -2.31. The molecule has 0 saturated carbocycles. The summed E-state index contributed by atoms with van der Waals surface area (Å²) in [5, 5.41) is 11.0. The predicted octanol–water partition coefficient (Wildman–Crippen LogP) is 1.42. The van der Waals surface area contributed by atoms with Crippen molar-refractivity contribution in [1.82, 2.24) is 5.32 Å². The Labute approximate surface area is 341 Å². The number of rotatable bonds is 49. The second kappa shape index (κ2) is 49.3. The molecule has 1 amide bonds. The highest BCUT2D eigenvalue weighted by Gasteiger charge is 2.03. The summed E-state index contributed by atoms with van der Waals surface area (Å²) in [5.41, 5.74) is 0. The molecule has 0 heterocycles. The average molecular weight is 916 g/mol. The number of hydrogen-bond acceptors (Lipinski definition) is 16. The Morgan fingerprint density at radius 2 is 0.618 bits per heavy atom. The topological polar surface area (TPSA) is 196 Å². The van der Waals surface area contributed by atoms with Crippen molar-refractivity contribution in [3.8, 4) is 0 Å². The number of amides is 1. The van der Waals surface area contributed by atoms with E-state index in [2.05, 4.69) is 32.6 Å². The van der Waals surface area contributed by atoms with E-state index in [1.807, 2.05) is 0 Å². The first-order valence-electron chi connectivity index (χ1n) is 19.3. The molecule has 55 heavy (non-hydrogen) atoms. The minimum atomic E-state index is -1.12. The van der Waals surface area contributed by atoms with E-state index in [9.17, 15) is 9.59 Å². The maximum absolute atomic E-state index is 11.4. The second-order valence-corrected chi connectivity index (χ2v) is 12.4. The fourth-order valence-corrected chi connectivity index (χ4v) is 4.48. The van der Waals surface area contributed by atoms with Gasteiger partial charge in [0.15, 0.2) is 0 Å². The van der Waals surface area contributed by atoms with E-state index >= 15 is 0 Å². The molecular weight excluding hydrogens is 845 g/mol. The van der Waals surface area contributed by atoms with Crippen molar-refractivity contribution in [2.75, 3.05) is 196 Å². The van der Waals surface area contributed by atoms with Crippen molar-refractivity contribution in [2.45, 2.75) is 25.7 Å². The van der Waals surface area contributed by atoms with Gasteiger partial charge in [-0.15, -0.1) is 0 Å². The van der Waals surface area contributed by atoms with Crippen LogP contribution >= 0.6 is 22.6 Å². The summed E-state index contributed by atoms with van der Waals surface area (Å²) in [6.07, 6.45) is 4.95. The Bertz CT molecular complexity index is 778. The molecule has 0 spiro atoms. The van der Waals surface area contributed by atoms with Crippen LogP contribution in [0.2, 0.25) is 0 Å². The molecule has 18 nitrogen and oxygen atoms in total. The zero-order valence-electron chi connectivity index (χ0n) is 32.9. The van der Waals surface area contributed by atoms with Crippen LogP contribution in [0.1, 0.15) is 25.7 Å². The molecule has 0 aromatic carbocycles. The van der Waals surface area contributed by atoms with Crippen LogP contribution in [0.4, 0.5) is 0 Å². The predicted molar refractivity (Wildman–Crippen MR) is 209 cm³/mol. The maximum atomic E-state index is 11.4. The van der Waals surface area contributed by atoms with Crippen molar-refractivity contribution >= 4 is 34.5 Å². The van der Waals surface area contributed by atoms with E-state index in [0.29, 0.717) is 172 Å². The van der Waals surface area contributed by atoms with Crippen molar-refractivity contribution in [3.63, 3.8) is 0 Å². The van der Waals surface area contributed by atoms with E-state index in [-0.39, 0.29) is 6.61 Å². The smallest absolute Gasteiger partial charge is 0.329 e. The molecule has 0 bridgehead atoms. The highest BCUT2D eigenvalue weighted by atomic mass is 127. The molecule has 0 aliphatic carbocycles. The van der Waals surface area contributed by atoms with Gasteiger partial charge >= 0.3 is 5.97 Å². The Hall–Kier alpha value is -0.890. The number of carboxylic acid groups (broad SMARTS) is 1. The van der Waals surface area contributed by atoms with Gasteiger partial charge in [-0.25, -0.2) is 4.79 Å². The summed E-state index contributed by atoms with van der Waals surface area (Å²) in [4.78, 5) is 21.7. The fourth-order valence-electron chi connectivity index (χ4n) is 3.94. The Morgan fingerprint density at radius 3 is 0.909 bits per heavy atom. The van der Waals surface area contributed by atoms with Crippen molar-refractivity contribution in [3.05, 3.63) is 0 Å². The largest absolute Gasteiger partial charge is 0.480 e. The Morgan fingerprint density at radius 1 is 0.345 bits per heavy atom. The van der Waals surface area contributed by atoms with E-state index in [1.54, 1.807) is 0 Å². The van der Waals surface area contributed by atoms with Crippen LogP contribution in [0, 0.1) is 0 Å². The molecule has 2 N–H and O–H groups in total. The first-order chi connectivity index (χ1) is 27.2. The van der Waals surface area contributed by atoms with Crippen LogP contribution in [-0.2, 0) is 75.9 Å². The molecule has 0 unspecified atom stereocenters. The molecule has 0 aromatic heterocycles. The fraction of sp³-hybridized carbons (Fsp3) is 0.944. The number of carbonyl (C=O) groups is 2. The van der Waals surface area contributed by atoms with E-state index in [4.69, 9.17) is 66.7 Å². The first kappa shape index (κ1) is 54.1. The third-order valence-corrected chi connectivity index (χ3v) is 7.43. The quantitative estimate of drug-likeness (QED) is 0.0505. The highest BCUT2D eigenvalue weighted by Crippen LogP contribution is 2.02. The number of unbranched alkanes of at least 4 members (excludes halogenated alkanes) is 3. The maximum Gasteiger partial charge on any atom is 0.329 e. The molecule has 0 atom stereocenters. The molecule has 0 aliphatic rings. The SMILES string of the molecule is O=C(O)COCC(=O)NCCOCCOCCOCCOCCOCCOCCOCCOCCOCCOCCOCCOCCOCCCCCCI. The molecular formula is C36H70INO17. The minimum absolute atomic E-state index is 0.299. The van der Waals surface area contributed by atoms with Crippen LogP contribution in [0.5, 0.6) is 0 Å². The lowest BCUT2D eigenvalue weighted by Gasteiger charge is -2.09. The molecule has 328 valence electrons. The van der Waals surface area contributed by atoms with Crippen LogP contribution < -0.4 is 5.32 Å². The van der Waals surface area contributed by atoms with Gasteiger partial charge in [0.2, 0.25) is 5.91 Å². The molecule has 0 radical (unpaired) electrons. The molecule has 0 rings (SSSR count). The number of carboxylic acids is 1. The number of aliphatic carboxylic acids is 1. The third-order valence-electron chi connectivity index (χ3n) is 6.66. The monoisotopic (exact) mass is 915 g/mol. The van der Waals surface area contributed by atoms with Gasteiger partial charge in [-0.1, -0.05) is 35.4 Å². The summed E-state index contributed by atoms with van der Waals surface area (Å²) in [6.45, 7) is 12.5.